The molecule has 1 aliphatic heterocycles. The van der Waals surface area contributed by atoms with E-state index < -0.39 is 156 Å². The minimum Gasteiger partial charge on any atom is -0.390 e. The number of ether oxygens (including phenoxy) is 2. The Morgan fingerprint density at radius 3 is 1.30 bits per heavy atom. The number of aliphatic hydroxyl groups is 1. The summed E-state index contributed by atoms with van der Waals surface area (Å²) in [5.74, 6) is -9.71. The molecule has 1 heterocycles. The average molecular weight is 1320 g/mol. The number of rotatable bonds is 19. The second-order valence-electron chi connectivity index (χ2n) is 27.6. The van der Waals surface area contributed by atoms with Crippen molar-refractivity contribution in [2.45, 2.75) is 250 Å². The zero-order chi connectivity index (χ0) is 72.4. The minimum atomic E-state index is -1.61. The van der Waals surface area contributed by atoms with Crippen LogP contribution in [0.4, 0.5) is 0 Å². The normalized spacial score (nSPS) is 25.5. The Balaban J connectivity index is 0.00000985. The van der Waals surface area contributed by atoms with Gasteiger partial charge in [0.1, 0.15) is 60.4 Å². The molecular weight excluding hydrogens is 1190 g/mol. The first kappa shape index (κ1) is 86.8. The van der Waals surface area contributed by atoms with E-state index in [1.807, 2.05) is 82.2 Å². The van der Waals surface area contributed by atoms with Crippen molar-refractivity contribution in [3.8, 4) is 0 Å². The molecule has 1 saturated heterocycles. The molecule has 0 unspecified atom stereocenters. The number of likely N-dealkylation sites (N-methyl/N-ethyl adjacent to an activating group) is 7. The quantitative estimate of drug-likeness (QED) is 0.0868. The van der Waals surface area contributed by atoms with Crippen LogP contribution in [-0.4, -0.2) is 246 Å². The number of hydrogen-bond acceptors (Lipinski definition) is 14. The Morgan fingerprint density at radius 1 is 0.462 bits per heavy atom. The third-order valence-electron chi connectivity index (χ3n) is 16.9. The van der Waals surface area contributed by atoms with E-state index in [2.05, 4.69) is 21.3 Å². The van der Waals surface area contributed by atoms with Crippen LogP contribution in [0.1, 0.15) is 177 Å². The number of nitrogens with zero attached hydrogens (tertiary/aromatic N) is 7. The fraction of sp³-hybridized carbons (Fsp3) is 0.809. The van der Waals surface area contributed by atoms with Gasteiger partial charge in [0.05, 0.1) is 12.6 Å². The summed E-state index contributed by atoms with van der Waals surface area (Å²) in [6.07, 6.45) is 3.01. The lowest BCUT2D eigenvalue weighted by atomic mass is 9.91. The lowest BCUT2D eigenvalue weighted by Crippen LogP contribution is -2.63. The Kier molecular flexibility index (Phi) is 38.8. The molecule has 0 bridgehead atoms. The number of nitrogens with one attached hydrogen (secondary N) is 4. The van der Waals surface area contributed by atoms with Gasteiger partial charge < -0.3 is 70.1 Å². The van der Waals surface area contributed by atoms with Gasteiger partial charge in [0.25, 0.3) is 0 Å². The van der Waals surface area contributed by atoms with Gasteiger partial charge in [0.15, 0.2) is 6.29 Å². The predicted molar refractivity (Wildman–Crippen MR) is 361 cm³/mol. The molecule has 0 aromatic rings. The lowest BCUT2D eigenvalue weighted by molar-refractivity contribution is -0.157. The van der Waals surface area contributed by atoms with Gasteiger partial charge in [-0.2, -0.15) is 0 Å². The van der Waals surface area contributed by atoms with Crippen molar-refractivity contribution >= 4 is 65.0 Å². The van der Waals surface area contributed by atoms with Crippen molar-refractivity contribution in [3.05, 3.63) is 12.2 Å². The first-order chi connectivity index (χ1) is 43.0. The molecule has 1 rings (SSSR count). The molecule has 0 aromatic heterocycles. The smallest absolute Gasteiger partial charge is 0.246 e. The van der Waals surface area contributed by atoms with E-state index in [9.17, 15) is 48.3 Å². The number of allylic oxidation sites excluding steroid dienone is 2. The summed E-state index contributed by atoms with van der Waals surface area (Å²) in [5, 5.41) is 23.1. The van der Waals surface area contributed by atoms with E-state index >= 15 is 9.59 Å². The fourth-order valence-electron chi connectivity index (χ4n) is 11.2. The maximum atomic E-state index is 15.1. The van der Waals surface area contributed by atoms with Crippen LogP contribution in [0.25, 0.3) is 0 Å². The van der Waals surface area contributed by atoms with Gasteiger partial charge in [-0.3, -0.25) is 52.7 Å². The SMILES string of the molecule is C/C=C/C[C@@H](C)[C@@H](O)[C@H]1C(=O)N[C@@H](CC)C(=O)N(C)CC(=O)N(C)[C@@H](CC(C)C)C(=O)N[C@@H](C(C)C)C(=O)N(C)[C@@H](CC(C)C)C(=O)N[C@@H](C)C(=O)N[C@H](C)C(=O)N(C)[C@@H](CC(C)C)C(=O)N(C)[C@@H](CC(C)C)C(=O)N(C)[C@@H](C(C)C)C(=O)N1C.CCOC(C)OCC. The number of carbonyl (C=O) groups excluding carboxylic acids is 11. The lowest BCUT2D eigenvalue weighted by Gasteiger charge is -2.41. The van der Waals surface area contributed by atoms with Crippen molar-refractivity contribution in [1.29, 1.82) is 0 Å². The molecule has 0 spiro atoms. The zero-order valence-electron chi connectivity index (χ0n) is 61.9. The molecule has 0 aliphatic carbocycles. The van der Waals surface area contributed by atoms with E-state index in [0.717, 1.165) is 23.0 Å². The van der Waals surface area contributed by atoms with Gasteiger partial charge in [0.2, 0.25) is 65.0 Å². The van der Waals surface area contributed by atoms with Crippen LogP contribution in [-0.2, 0) is 62.2 Å². The maximum Gasteiger partial charge on any atom is 0.246 e. The van der Waals surface area contributed by atoms with Crippen molar-refractivity contribution in [3.63, 3.8) is 0 Å². The van der Waals surface area contributed by atoms with E-state index in [0.29, 0.717) is 6.42 Å². The highest BCUT2D eigenvalue weighted by molar-refractivity contribution is 5.99. The number of carbonyl (C=O) groups is 11. The predicted octanol–water partition coefficient (Wildman–Crippen LogP) is 4.67. The fourth-order valence-corrected chi connectivity index (χ4v) is 11.2. The van der Waals surface area contributed by atoms with Crippen LogP contribution >= 0.6 is 0 Å². The summed E-state index contributed by atoms with van der Waals surface area (Å²) in [4.78, 5) is 169. The van der Waals surface area contributed by atoms with Crippen LogP contribution in [0.15, 0.2) is 12.2 Å². The summed E-state index contributed by atoms with van der Waals surface area (Å²) < 4.78 is 10.1. The van der Waals surface area contributed by atoms with E-state index in [1.165, 1.54) is 87.7 Å². The number of amides is 11. The van der Waals surface area contributed by atoms with Crippen LogP contribution in [0, 0.1) is 41.4 Å². The third-order valence-corrected chi connectivity index (χ3v) is 16.9. The molecule has 5 N–H and O–H groups in total. The molecule has 25 nitrogen and oxygen atoms in total. The molecule has 0 aromatic carbocycles. The van der Waals surface area contributed by atoms with Crippen molar-refractivity contribution in [2.24, 2.45) is 41.4 Å². The third kappa shape index (κ3) is 26.8. The second kappa shape index (κ2) is 41.6. The monoisotopic (exact) mass is 1320 g/mol. The van der Waals surface area contributed by atoms with Crippen LogP contribution in [0.2, 0.25) is 0 Å². The molecule has 1 aliphatic rings. The second-order valence-corrected chi connectivity index (χ2v) is 27.6. The Labute approximate surface area is 558 Å². The highest BCUT2D eigenvalue weighted by Crippen LogP contribution is 2.26. The van der Waals surface area contributed by atoms with Crippen molar-refractivity contribution < 1.29 is 67.3 Å². The zero-order valence-corrected chi connectivity index (χ0v) is 61.9. The van der Waals surface area contributed by atoms with Gasteiger partial charge in [-0.25, -0.2) is 0 Å². The molecule has 25 heteroatoms. The van der Waals surface area contributed by atoms with Gasteiger partial charge in [-0.15, -0.1) is 0 Å². The van der Waals surface area contributed by atoms with Gasteiger partial charge >= 0.3 is 0 Å². The van der Waals surface area contributed by atoms with Gasteiger partial charge in [-0.05, 0) is 121 Å². The minimum absolute atomic E-state index is 0.0229. The molecule has 93 heavy (non-hydrogen) atoms. The van der Waals surface area contributed by atoms with E-state index in [1.54, 1.807) is 54.5 Å². The summed E-state index contributed by atoms with van der Waals surface area (Å²) in [7, 11) is 9.92. The summed E-state index contributed by atoms with van der Waals surface area (Å²) in [5.41, 5.74) is 0. The highest BCUT2D eigenvalue weighted by Gasteiger charge is 2.46. The first-order valence-corrected chi connectivity index (χ1v) is 33.6. The Hall–Kier alpha value is -6.21. The van der Waals surface area contributed by atoms with Crippen molar-refractivity contribution in [2.75, 3.05) is 69.1 Å². The standard InChI is InChI=1S/C62H111N11O12.C6H14O2/c1-25-27-28-40(15)52(75)51-56(79)65-43(26-2)58(81)67(18)33-48(74)68(19)44(29-34(3)4)55(78)66-49(38(11)12)61(84)69(20)45(30-35(5)6)54(77)63-41(16)53(76)64-42(17)57(80)70(21)46(31-36(7)8)59(82)71(22)47(32-37(9)10)60(83)72(23)50(39(13)14)62(85)73(51)24;1-4-7-6(3)8-5-2/h25,27,34-47,49-52,75H,26,28-33H2,1-24H3,(H,63,77)(H,64,76)(H,65,79)(H,66,78);6H,4-5H2,1-3H3/b27-25+;/t40-,41+,42-,43+,44+,45+,46+,47+,49+,50+,51+,52-;/m1./s1. The van der Waals surface area contributed by atoms with Crippen LogP contribution < -0.4 is 21.3 Å². The summed E-state index contributed by atoms with van der Waals surface area (Å²) >= 11 is 0. The van der Waals surface area contributed by atoms with Gasteiger partial charge in [0, 0.05) is 62.5 Å². The Bertz CT molecular complexity index is 2450. The van der Waals surface area contributed by atoms with E-state index in [-0.39, 0.29) is 62.1 Å². The molecule has 12 atom stereocenters. The molecule has 1 fully saturated rings. The molecule has 536 valence electrons. The van der Waals surface area contributed by atoms with Crippen LogP contribution in [0.3, 0.4) is 0 Å². The van der Waals surface area contributed by atoms with Crippen LogP contribution in [0.5, 0.6) is 0 Å². The summed E-state index contributed by atoms with van der Waals surface area (Å²) in [6, 6.07) is -12.3. The Morgan fingerprint density at radius 2 is 0.871 bits per heavy atom. The largest absolute Gasteiger partial charge is 0.390 e. The molecular formula is C68H125N11O14. The number of aliphatic hydroxyl groups excluding tert-OH is 1. The maximum absolute atomic E-state index is 15.1. The summed E-state index contributed by atoms with van der Waals surface area (Å²) in [6.45, 7) is 36.6. The molecule has 11 amide bonds. The first-order valence-electron chi connectivity index (χ1n) is 33.6. The van der Waals surface area contributed by atoms with Crippen molar-refractivity contribution in [1.82, 2.24) is 55.6 Å². The molecule has 0 radical (unpaired) electrons. The topological polar surface area (TPSA) is 297 Å². The van der Waals surface area contributed by atoms with E-state index in [4.69, 9.17) is 9.47 Å². The van der Waals surface area contributed by atoms with Gasteiger partial charge in [-0.1, -0.05) is 109 Å². The molecule has 0 saturated carbocycles. The highest BCUT2D eigenvalue weighted by atomic mass is 16.7. The number of hydrogen-bond donors (Lipinski definition) is 5. The average Bonchev–Trinajstić information content (AvgIpc) is 0.820.